The van der Waals surface area contributed by atoms with Gasteiger partial charge < -0.3 is 20.5 Å². The minimum atomic E-state index is -0.679. The van der Waals surface area contributed by atoms with Crippen molar-refractivity contribution in [3.63, 3.8) is 0 Å². The summed E-state index contributed by atoms with van der Waals surface area (Å²) in [6.45, 7) is 2.60. The molecule has 1 saturated heterocycles. The van der Waals surface area contributed by atoms with Crippen LogP contribution in [0.15, 0.2) is 30.3 Å². The van der Waals surface area contributed by atoms with Crippen LogP contribution in [0.1, 0.15) is 18.4 Å². The number of piperidine rings is 1. The maximum absolute atomic E-state index is 9.69. The molecule has 0 spiro atoms. The molecule has 2 rings (SSSR count). The molecule has 4 nitrogen and oxygen atoms in total. The number of ether oxygens (including phenoxy) is 1. The fourth-order valence-corrected chi connectivity index (χ4v) is 2.70. The third kappa shape index (κ3) is 3.54. The molecule has 1 heterocycles. The predicted molar refractivity (Wildman–Crippen MR) is 75.9 cm³/mol. The number of hydrogen-bond acceptors (Lipinski definition) is 4. The van der Waals surface area contributed by atoms with Gasteiger partial charge in [0, 0.05) is 26.7 Å². The molecule has 1 aliphatic rings. The SMILES string of the molecule is COC1CCN(CC(N)(CO)c2ccccc2)CC1. The second-order valence-corrected chi connectivity index (χ2v) is 5.39. The van der Waals surface area contributed by atoms with Crippen molar-refractivity contribution in [3.8, 4) is 0 Å². The van der Waals surface area contributed by atoms with E-state index in [1.165, 1.54) is 0 Å². The second-order valence-electron chi connectivity index (χ2n) is 5.39. The van der Waals surface area contributed by atoms with Gasteiger partial charge in [0.15, 0.2) is 0 Å². The van der Waals surface area contributed by atoms with E-state index in [2.05, 4.69) is 4.90 Å². The number of aliphatic hydroxyl groups excluding tert-OH is 1. The quantitative estimate of drug-likeness (QED) is 0.831. The van der Waals surface area contributed by atoms with E-state index in [1.54, 1.807) is 7.11 Å². The van der Waals surface area contributed by atoms with Crippen molar-refractivity contribution in [2.45, 2.75) is 24.5 Å². The standard InChI is InChI=1S/C15H24N2O2/c1-19-14-7-9-17(10-8-14)11-15(16,12-18)13-5-3-2-4-6-13/h2-6,14,18H,7-12,16H2,1H3. The third-order valence-electron chi connectivity index (χ3n) is 4.00. The molecule has 0 amide bonds. The van der Waals surface area contributed by atoms with Crippen LogP contribution < -0.4 is 5.73 Å². The average molecular weight is 264 g/mol. The lowest BCUT2D eigenvalue weighted by Gasteiger charge is -2.38. The number of aliphatic hydroxyl groups is 1. The molecule has 0 aliphatic carbocycles. The fraction of sp³-hybridized carbons (Fsp3) is 0.600. The van der Waals surface area contributed by atoms with Crippen LogP contribution in [0.25, 0.3) is 0 Å². The molecule has 1 aromatic carbocycles. The molecule has 19 heavy (non-hydrogen) atoms. The largest absolute Gasteiger partial charge is 0.394 e. The molecule has 106 valence electrons. The number of nitrogens with zero attached hydrogens (tertiary/aromatic N) is 1. The van der Waals surface area contributed by atoms with E-state index < -0.39 is 5.54 Å². The highest BCUT2D eigenvalue weighted by molar-refractivity contribution is 5.24. The minimum Gasteiger partial charge on any atom is -0.394 e. The van der Waals surface area contributed by atoms with Gasteiger partial charge in [0.25, 0.3) is 0 Å². The van der Waals surface area contributed by atoms with E-state index in [9.17, 15) is 5.11 Å². The first-order chi connectivity index (χ1) is 9.18. The zero-order valence-corrected chi connectivity index (χ0v) is 11.6. The van der Waals surface area contributed by atoms with Gasteiger partial charge in [-0.3, -0.25) is 0 Å². The van der Waals surface area contributed by atoms with Gasteiger partial charge >= 0.3 is 0 Å². The monoisotopic (exact) mass is 264 g/mol. The molecule has 4 heteroatoms. The number of likely N-dealkylation sites (tertiary alicyclic amines) is 1. The maximum atomic E-state index is 9.69. The maximum Gasteiger partial charge on any atom is 0.0772 e. The van der Waals surface area contributed by atoms with Crippen molar-refractivity contribution in [1.29, 1.82) is 0 Å². The van der Waals surface area contributed by atoms with Crippen molar-refractivity contribution in [2.24, 2.45) is 5.73 Å². The average Bonchev–Trinajstić information content (AvgIpc) is 2.49. The number of hydrogen-bond donors (Lipinski definition) is 2. The van der Waals surface area contributed by atoms with E-state index in [1.807, 2.05) is 30.3 Å². The van der Waals surface area contributed by atoms with Gasteiger partial charge in [0.05, 0.1) is 18.2 Å². The Balaban J connectivity index is 2.00. The Hall–Kier alpha value is -0.940. The Morgan fingerprint density at radius 1 is 1.32 bits per heavy atom. The van der Waals surface area contributed by atoms with Crippen molar-refractivity contribution in [1.82, 2.24) is 4.90 Å². The Labute approximate surface area is 115 Å². The van der Waals surface area contributed by atoms with Crippen molar-refractivity contribution in [2.75, 3.05) is 33.4 Å². The highest BCUT2D eigenvalue weighted by Gasteiger charge is 2.30. The van der Waals surface area contributed by atoms with Crippen molar-refractivity contribution < 1.29 is 9.84 Å². The molecule has 1 atom stereocenters. The summed E-state index contributed by atoms with van der Waals surface area (Å²) < 4.78 is 5.37. The van der Waals surface area contributed by atoms with Crippen LogP contribution >= 0.6 is 0 Å². The van der Waals surface area contributed by atoms with Crippen LogP contribution in [0, 0.1) is 0 Å². The molecule has 1 aliphatic heterocycles. The molecule has 1 unspecified atom stereocenters. The lowest BCUT2D eigenvalue weighted by atomic mass is 9.90. The second kappa shape index (κ2) is 6.48. The van der Waals surface area contributed by atoms with Crippen LogP contribution in [0.5, 0.6) is 0 Å². The molecule has 0 bridgehead atoms. The van der Waals surface area contributed by atoms with Gasteiger partial charge in [-0.2, -0.15) is 0 Å². The zero-order chi connectivity index (χ0) is 13.7. The number of nitrogens with two attached hydrogens (primary N) is 1. The Morgan fingerprint density at radius 3 is 2.47 bits per heavy atom. The van der Waals surface area contributed by atoms with Crippen molar-refractivity contribution >= 4 is 0 Å². The van der Waals surface area contributed by atoms with Gasteiger partial charge in [0.2, 0.25) is 0 Å². The summed E-state index contributed by atoms with van der Waals surface area (Å²) in [6, 6.07) is 9.86. The first-order valence-corrected chi connectivity index (χ1v) is 6.88. The summed E-state index contributed by atoms with van der Waals surface area (Å²) in [4.78, 5) is 2.32. The summed E-state index contributed by atoms with van der Waals surface area (Å²) >= 11 is 0. The fourth-order valence-electron chi connectivity index (χ4n) is 2.70. The number of rotatable bonds is 5. The van der Waals surface area contributed by atoms with Gasteiger partial charge in [-0.1, -0.05) is 30.3 Å². The normalized spacial score (nSPS) is 21.2. The van der Waals surface area contributed by atoms with Crippen LogP contribution in [-0.4, -0.2) is 49.5 Å². The summed E-state index contributed by atoms with van der Waals surface area (Å²) in [7, 11) is 1.77. The summed E-state index contributed by atoms with van der Waals surface area (Å²) in [6.07, 6.45) is 2.44. The number of benzene rings is 1. The highest BCUT2D eigenvalue weighted by Crippen LogP contribution is 2.22. The Kier molecular flexibility index (Phi) is 4.93. The highest BCUT2D eigenvalue weighted by atomic mass is 16.5. The zero-order valence-electron chi connectivity index (χ0n) is 11.6. The molecule has 1 fully saturated rings. The molecule has 1 aromatic rings. The van der Waals surface area contributed by atoms with E-state index in [0.29, 0.717) is 12.6 Å². The Bertz CT molecular complexity index is 377. The third-order valence-corrected chi connectivity index (χ3v) is 4.00. The molecule has 0 aromatic heterocycles. The first kappa shape index (κ1) is 14.5. The van der Waals surface area contributed by atoms with Gasteiger partial charge in [-0.15, -0.1) is 0 Å². The van der Waals surface area contributed by atoms with Gasteiger partial charge in [-0.05, 0) is 18.4 Å². The predicted octanol–water partition coefficient (Wildman–Crippen LogP) is 0.944. The Morgan fingerprint density at radius 2 is 1.95 bits per heavy atom. The van der Waals surface area contributed by atoms with E-state index >= 15 is 0 Å². The van der Waals surface area contributed by atoms with Crippen LogP contribution in [-0.2, 0) is 10.3 Å². The lowest BCUT2D eigenvalue weighted by molar-refractivity contribution is 0.0289. The molecular weight excluding hydrogens is 240 g/mol. The molecule has 0 radical (unpaired) electrons. The van der Waals surface area contributed by atoms with Crippen LogP contribution in [0.2, 0.25) is 0 Å². The molecular formula is C15H24N2O2. The van der Waals surface area contributed by atoms with Crippen LogP contribution in [0.3, 0.4) is 0 Å². The topological polar surface area (TPSA) is 58.7 Å². The van der Waals surface area contributed by atoms with Crippen LogP contribution in [0.4, 0.5) is 0 Å². The van der Waals surface area contributed by atoms with Gasteiger partial charge in [0.1, 0.15) is 0 Å². The molecule has 0 saturated carbocycles. The molecule has 3 N–H and O–H groups in total. The lowest BCUT2D eigenvalue weighted by Crippen LogP contribution is -2.52. The van der Waals surface area contributed by atoms with E-state index in [0.717, 1.165) is 31.5 Å². The first-order valence-electron chi connectivity index (χ1n) is 6.88. The van der Waals surface area contributed by atoms with Crippen molar-refractivity contribution in [3.05, 3.63) is 35.9 Å². The smallest absolute Gasteiger partial charge is 0.0772 e. The summed E-state index contributed by atoms with van der Waals surface area (Å²) in [5.74, 6) is 0. The minimum absolute atomic E-state index is 0.0405. The summed E-state index contributed by atoms with van der Waals surface area (Å²) in [5.41, 5.74) is 6.71. The summed E-state index contributed by atoms with van der Waals surface area (Å²) in [5, 5.41) is 9.69. The van der Waals surface area contributed by atoms with E-state index in [4.69, 9.17) is 10.5 Å². The van der Waals surface area contributed by atoms with E-state index in [-0.39, 0.29) is 6.61 Å². The van der Waals surface area contributed by atoms with Gasteiger partial charge in [-0.25, -0.2) is 0 Å². The number of methoxy groups -OCH3 is 1.